The van der Waals surface area contributed by atoms with Crippen LogP contribution in [-0.2, 0) is 16.1 Å². The predicted octanol–water partition coefficient (Wildman–Crippen LogP) is 0.598. The Labute approximate surface area is 169 Å². The number of aromatic nitrogens is 2. The highest BCUT2D eigenvalue weighted by Gasteiger charge is 2.30. The molecule has 0 radical (unpaired) electrons. The standard InChI is InChI=1S/C21H27N5O3/c1-15(21(29)23-16-6-7-16)24-10-12-25(13-11-24)20(28)8-9-26-18-5-3-2-4-17(18)19(27)14-22-26/h2-5,14-16H,6-13H2,1H3,(H,23,29). The van der Waals surface area contributed by atoms with Gasteiger partial charge in [-0.25, -0.2) is 0 Å². The van der Waals surface area contributed by atoms with Crippen LogP contribution in [0.25, 0.3) is 10.9 Å². The first-order valence-corrected chi connectivity index (χ1v) is 10.3. The molecule has 2 heterocycles. The van der Waals surface area contributed by atoms with Crippen molar-refractivity contribution in [3.8, 4) is 0 Å². The van der Waals surface area contributed by atoms with Crippen LogP contribution >= 0.6 is 0 Å². The highest BCUT2D eigenvalue weighted by Crippen LogP contribution is 2.19. The number of nitrogens with one attached hydrogen (secondary N) is 1. The normalized spacial score (nSPS) is 18.6. The van der Waals surface area contributed by atoms with Crippen molar-refractivity contribution < 1.29 is 9.59 Å². The first-order valence-electron chi connectivity index (χ1n) is 10.3. The van der Waals surface area contributed by atoms with E-state index in [1.165, 1.54) is 6.20 Å². The lowest BCUT2D eigenvalue weighted by Crippen LogP contribution is -2.55. The molecule has 1 aliphatic carbocycles. The molecule has 1 aromatic heterocycles. The maximum absolute atomic E-state index is 12.7. The Kier molecular flexibility index (Phi) is 5.62. The third-order valence-corrected chi connectivity index (χ3v) is 5.82. The third-order valence-electron chi connectivity index (χ3n) is 5.82. The summed E-state index contributed by atoms with van der Waals surface area (Å²) in [7, 11) is 0. The number of para-hydroxylation sites is 1. The molecule has 1 unspecified atom stereocenters. The number of aryl methyl sites for hydroxylation is 1. The second-order valence-electron chi connectivity index (χ2n) is 7.87. The second-order valence-corrected chi connectivity index (χ2v) is 7.87. The van der Waals surface area contributed by atoms with Gasteiger partial charge in [0.1, 0.15) is 0 Å². The zero-order valence-electron chi connectivity index (χ0n) is 16.7. The molecule has 8 nitrogen and oxygen atoms in total. The molecule has 1 saturated carbocycles. The number of piperazine rings is 1. The van der Waals surface area contributed by atoms with E-state index in [0.29, 0.717) is 50.6 Å². The maximum atomic E-state index is 12.7. The molecule has 8 heteroatoms. The molecule has 2 aliphatic rings. The number of carbonyl (C=O) groups is 2. The fraction of sp³-hybridized carbons (Fsp3) is 0.524. The lowest BCUT2D eigenvalue weighted by Gasteiger charge is -2.37. The average molecular weight is 397 g/mol. The largest absolute Gasteiger partial charge is 0.352 e. The Morgan fingerprint density at radius 1 is 1.17 bits per heavy atom. The first-order chi connectivity index (χ1) is 14.0. The van der Waals surface area contributed by atoms with Crippen LogP contribution in [0.1, 0.15) is 26.2 Å². The summed E-state index contributed by atoms with van der Waals surface area (Å²) in [6, 6.07) is 7.51. The van der Waals surface area contributed by atoms with Crippen molar-refractivity contribution in [1.82, 2.24) is 24.9 Å². The number of hydrogen-bond donors (Lipinski definition) is 1. The molecule has 0 bridgehead atoms. The molecule has 2 amide bonds. The Balaban J connectivity index is 1.30. The van der Waals surface area contributed by atoms with E-state index in [4.69, 9.17) is 0 Å². The molecule has 2 aromatic rings. The molecule has 1 aromatic carbocycles. The van der Waals surface area contributed by atoms with Crippen LogP contribution in [0.5, 0.6) is 0 Å². The second kappa shape index (κ2) is 8.32. The van der Waals surface area contributed by atoms with Crippen LogP contribution < -0.4 is 10.7 Å². The minimum atomic E-state index is -0.162. The summed E-state index contributed by atoms with van der Waals surface area (Å²) in [6.45, 7) is 5.01. The molecule has 0 spiro atoms. The smallest absolute Gasteiger partial charge is 0.237 e. The van der Waals surface area contributed by atoms with Gasteiger partial charge < -0.3 is 10.2 Å². The summed E-state index contributed by atoms with van der Waals surface area (Å²) in [5, 5.41) is 7.85. The van der Waals surface area contributed by atoms with Crippen molar-refractivity contribution in [3.05, 3.63) is 40.7 Å². The Morgan fingerprint density at radius 2 is 1.90 bits per heavy atom. The number of hydrogen-bond acceptors (Lipinski definition) is 5. The molecular formula is C21H27N5O3. The summed E-state index contributed by atoms with van der Waals surface area (Å²) < 4.78 is 1.72. The monoisotopic (exact) mass is 397 g/mol. The van der Waals surface area contributed by atoms with Crippen LogP contribution in [0, 0.1) is 0 Å². The number of amides is 2. The van der Waals surface area contributed by atoms with Gasteiger partial charge in [-0.05, 0) is 31.9 Å². The number of rotatable bonds is 6. The molecule has 1 saturated heterocycles. The number of carbonyl (C=O) groups excluding carboxylic acids is 2. The Hall–Kier alpha value is -2.74. The Bertz CT molecular complexity index is 960. The summed E-state index contributed by atoms with van der Waals surface area (Å²) in [6.07, 6.45) is 3.80. The van der Waals surface area contributed by atoms with Gasteiger partial charge >= 0.3 is 0 Å². The molecule has 154 valence electrons. The van der Waals surface area contributed by atoms with Gasteiger partial charge in [0.2, 0.25) is 17.2 Å². The van der Waals surface area contributed by atoms with E-state index in [0.717, 1.165) is 18.4 Å². The van der Waals surface area contributed by atoms with Gasteiger partial charge in [0.15, 0.2) is 0 Å². The van der Waals surface area contributed by atoms with E-state index in [9.17, 15) is 14.4 Å². The van der Waals surface area contributed by atoms with Crippen LogP contribution in [-0.4, -0.2) is 69.7 Å². The fourth-order valence-electron chi connectivity index (χ4n) is 3.77. The molecule has 1 aliphatic heterocycles. The molecule has 4 rings (SSSR count). The van der Waals surface area contributed by atoms with Gasteiger partial charge in [0, 0.05) is 44.0 Å². The van der Waals surface area contributed by atoms with Crippen LogP contribution in [0.2, 0.25) is 0 Å². The molecule has 1 N–H and O–H groups in total. The highest BCUT2D eigenvalue weighted by molar-refractivity contribution is 5.82. The van der Waals surface area contributed by atoms with Crippen molar-refractivity contribution in [2.24, 2.45) is 0 Å². The van der Waals surface area contributed by atoms with Crippen LogP contribution in [0.3, 0.4) is 0 Å². The van der Waals surface area contributed by atoms with Crippen molar-refractivity contribution in [3.63, 3.8) is 0 Å². The summed E-state index contributed by atoms with van der Waals surface area (Å²) in [5.41, 5.74) is 0.632. The van der Waals surface area contributed by atoms with Gasteiger partial charge in [0.05, 0.1) is 24.3 Å². The van der Waals surface area contributed by atoms with Gasteiger partial charge in [-0.3, -0.25) is 24.0 Å². The van der Waals surface area contributed by atoms with E-state index in [2.05, 4.69) is 15.3 Å². The number of benzene rings is 1. The van der Waals surface area contributed by atoms with Crippen molar-refractivity contribution in [2.75, 3.05) is 26.2 Å². The molecule has 29 heavy (non-hydrogen) atoms. The Morgan fingerprint density at radius 3 is 2.62 bits per heavy atom. The quantitative estimate of drug-likeness (QED) is 0.771. The summed E-state index contributed by atoms with van der Waals surface area (Å²) in [4.78, 5) is 40.8. The molecule has 2 fully saturated rings. The van der Waals surface area contributed by atoms with Gasteiger partial charge in [-0.1, -0.05) is 12.1 Å². The van der Waals surface area contributed by atoms with E-state index < -0.39 is 0 Å². The number of nitrogens with zero attached hydrogens (tertiary/aromatic N) is 4. The zero-order valence-corrected chi connectivity index (χ0v) is 16.7. The van der Waals surface area contributed by atoms with E-state index >= 15 is 0 Å². The molecule has 1 atom stereocenters. The fourth-order valence-corrected chi connectivity index (χ4v) is 3.77. The minimum Gasteiger partial charge on any atom is -0.352 e. The first kappa shape index (κ1) is 19.6. The van der Waals surface area contributed by atoms with Crippen LogP contribution in [0.4, 0.5) is 0 Å². The van der Waals surface area contributed by atoms with E-state index in [1.807, 2.05) is 30.0 Å². The minimum absolute atomic E-state index is 0.0734. The maximum Gasteiger partial charge on any atom is 0.237 e. The van der Waals surface area contributed by atoms with Gasteiger partial charge in [-0.2, -0.15) is 5.10 Å². The van der Waals surface area contributed by atoms with E-state index in [1.54, 1.807) is 10.7 Å². The SMILES string of the molecule is CC(C(=O)NC1CC1)N1CCN(C(=O)CCn2ncc(=O)c3ccccc32)CC1. The van der Waals surface area contributed by atoms with Gasteiger partial charge in [0.25, 0.3) is 0 Å². The predicted molar refractivity (Wildman–Crippen MR) is 109 cm³/mol. The van der Waals surface area contributed by atoms with Crippen molar-refractivity contribution >= 4 is 22.7 Å². The van der Waals surface area contributed by atoms with E-state index in [-0.39, 0.29) is 23.3 Å². The highest BCUT2D eigenvalue weighted by atomic mass is 16.2. The third kappa shape index (κ3) is 4.48. The van der Waals surface area contributed by atoms with Crippen molar-refractivity contribution in [1.29, 1.82) is 0 Å². The van der Waals surface area contributed by atoms with Crippen molar-refractivity contribution in [2.45, 2.75) is 44.8 Å². The molecular weight excluding hydrogens is 370 g/mol. The zero-order chi connectivity index (χ0) is 20.4. The van der Waals surface area contributed by atoms with Gasteiger partial charge in [-0.15, -0.1) is 0 Å². The lowest BCUT2D eigenvalue weighted by atomic mass is 10.2. The summed E-state index contributed by atoms with van der Waals surface area (Å²) >= 11 is 0. The lowest BCUT2D eigenvalue weighted by molar-refractivity contribution is -0.134. The average Bonchev–Trinajstić information content (AvgIpc) is 3.57. The summed E-state index contributed by atoms with van der Waals surface area (Å²) in [5.74, 6) is 0.160. The van der Waals surface area contributed by atoms with Crippen LogP contribution in [0.15, 0.2) is 35.3 Å². The number of fused-ring (bicyclic) bond motifs is 1. The topological polar surface area (TPSA) is 87.5 Å².